The largest absolute Gasteiger partial charge is 0.482 e. The van der Waals surface area contributed by atoms with E-state index in [1.807, 2.05) is 48.5 Å². The molecule has 1 aliphatic heterocycles. The third-order valence-electron chi connectivity index (χ3n) is 6.84. The average Bonchev–Trinajstić information content (AvgIpc) is 2.88. The van der Waals surface area contributed by atoms with E-state index < -0.39 is 5.60 Å². The molecule has 5 heteroatoms. The number of ether oxygens (including phenoxy) is 2. The van der Waals surface area contributed by atoms with Crippen molar-refractivity contribution in [3.63, 3.8) is 0 Å². The molecule has 0 aliphatic carbocycles. The van der Waals surface area contributed by atoms with Crippen LogP contribution in [0.2, 0.25) is 0 Å². The molecule has 1 heterocycles. The van der Waals surface area contributed by atoms with Crippen LogP contribution in [0.5, 0.6) is 11.5 Å². The zero-order valence-electron chi connectivity index (χ0n) is 22.5. The summed E-state index contributed by atoms with van der Waals surface area (Å²) in [6.45, 7) is 8.47. The van der Waals surface area contributed by atoms with Gasteiger partial charge >= 0.3 is 5.97 Å². The second kappa shape index (κ2) is 11.6. The van der Waals surface area contributed by atoms with Gasteiger partial charge in [-0.2, -0.15) is 0 Å². The standard InChI is InChI=1S/C32H32O3.CBN/c1-5-6-7-10-22-18-28(34-31(33)25-15-14-23-11-8-9-12-24(23)20-25)30-26-17-21(2)13-16-27(26)32(3,4)35-29(30)19-22;2-1-3/h8-9,11-20H,5-7,10H2,1-4H3;. The van der Waals surface area contributed by atoms with Crippen molar-refractivity contribution in [2.75, 3.05) is 0 Å². The molecule has 4 aromatic rings. The maximum Gasteiger partial charge on any atom is 0.343 e. The summed E-state index contributed by atoms with van der Waals surface area (Å²) in [4.78, 5) is 13.4. The predicted molar refractivity (Wildman–Crippen MR) is 154 cm³/mol. The lowest BCUT2D eigenvalue weighted by Gasteiger charge is -2.36. The maximum atomic E-state index is 13.4. The number of fused-ring (bicyclic) bond motifs is 4. The molecule has 0 bridgehead atoms. The smallest absolute Gasteiger partial charge is 0.343 e. The Bertz CT molecular complexity index is 1520. The SMILES string of the molecule is CCCCCc1cc(OC(=O)c2ccc3ccccc3c2)c2c(c1)OC(C)(C)c1ccc(C)cc1-2.[B]C#N. The van der Waals surface area contributed by atoms with Gasteiger partial charge in [-0.05, 0) is 85.7 Å². The van der Waals surface area contributed by atoms with E-state index in [1.54, 1.807) is 0 Å². The van der Waals surface area contributed by atoms with Gasteiger partial charge in [0.05, 0.1) is 11.1 Å². The summed E-state index contributed by atoms with van der Waals surface area (Å²) in [6, 6.07) is 24.3. The van der Waals surface area contributed by atoms with Crippen LogP contribution in [0.25, 0.3) is 21.9 Å². The number of unbranched alkanes of at least 4 members (excludes halogenated alkanes) is 2. The van der Waals surface area contributed by atoms with Crippen LogP contribution in [0.3, 0.4) is 0 Å². The number of carbonyl (C=O) groups is 1. The Kier molecular flexibility index (Phi) is 8.22. The summed E-state index contributed by atoms with van der Waals surface area (Å²) in [5, 5.41) is 9.21. The first-order chi connectivity index (χ1) is 18.3. The van der Waals surface area contributed by atoms with E-state index in [4.69, 9.17) is 14.7 Å². The number of rotatable bonds is 6. The fourth-order valence-corrected chi connectivity index (χ4v) is 4.99. The lowest BCUT2D eigenvalue weighted by atomic mass is 9.84. The van der Waals surface area contributed by atoms with E-state index >= 15 is 0 Å². The summed E-state index contributed by atoms with van der Waals surface area (Å²) in [5.74, 6) is 2.24. The number of nitriles is 1. The van der Waals surface area contributed by atoms with Crippen LogP contribution in [0.1, 0.15) is 67.1 Å². The maximum absolute atomic E-state index is 13.4. The van der Waals surface area contributed by atoms with E-state index in [0.717, 1.165) is 70.0 Å². The second-order valence-corrected chi connectivity index (χ2v) is 10.2. The van der Waals surface area contributed by atoms with Gasteiger partial charge in [0, 0.05) is 5.56 Å². The molecular weight excluding hydrogens is 469 g/mol. The highest BCUT2D eigenvalue weighted by atomic mass is 16.5. The van der Waals surface area contributed by atoms with Gasteiger partial charge in [-0.3, -0.25) is 0 Å². The van der Waals surface area contributed by atoms with Crippen LogP contribution in [0.4, 0.5) is 0 Å². The Morgan fingerprint density at radius 1 is 1.00 bits per heavy atom. The van der Waals surface area contributed by atoms with Crippen molar-refractivity contribution in [3.05, 3.63) is 95.1 Å². The number of aryl methyl sites for hydroxylation is 2. The minimum atomic E-state index is -0.475. The molecule has 0 saturated heterocycles. The lowest BCUT2D eigenvalue weighted by molar-refractivity contribution is 0.0732. The number of hydrogen-bond acceptors (Lipinski definition) is 4. The van der Waals surface area contributed by atoms with Gasteiger partial charge in [-0.15, -0.1) is 0 Å². The summed E-state index contributed by atoms with van der Waals surface area (Å²) in [5.41, 5.74) is 5.37. The van der Waals surface area contributed by atoms with Crippen LogP contribution in [-0.2, 0) is 12.0 Å². The Morgan fingerprint density at radius 2 is 1.74 bits per heavy atom. The lowest BCUT2D eigenvalue weighted by Crippen LogP contribution is -2.29. The molecule has 190 valence electrons. The molecular formula is C33H32BNO3. The average molecular weight is 501 g/mol. The van der Waals surface area contributed by atoms with Gasteiger partial charge in [0.2, 0.25) is 7.85 Å². The molecule has 5 rings (SSSR count). The summed E-state index contributed by atoms with van der Waals surface area (Å²) >= 11 is 0. The van der Waals surface area contributed by atoms with Crippen LogP contribution >= 0.6 is 0 Å². The molecule has 38 heavy (non-hydrogen) atoms. The Hall–Kier alpha value is -4.04. The quantitative estimate of drug-likeness (QED) is 0.116. The highest BCUT2D eigenvalue weighted by Gasteiger charge is 2.35. The minimum Gasteiger partial charge on any atom is -0.482 e. The van der Waals surface area contributed by atoms with Crippen molar-refractivity contribution in [2.45, 2.75) is 59.0 Å². The van der Waals surface area contributed by atoms with E-state index in [9.17, 15) is 4.79 Å². The summed E-state index contributed by atoms with van der Waals surface area (Å²) in [7, 11) is 4.15. The normalized spacial score (nSPS) is 12.7. The molecule has 0 N–H and O–H groups in total. The number of carbonyl (C=O) groups excluding carboxylic acids is 1. The molecule has 0 spiro atoms. The minimum absolute atomic E-state index is 0.359. The number of nitrogens with zero attached hydrogens (tertiary/aromatic N) is 1. The Morgan fingerprint density at radius 3 is 2.47 bits per heavy atom. The van der Waals surface area contributed by atoms with E-state index in [1.165, 1.54) is 5.97 Å². The van der Waals surface area contributed by atoms with Crippen molar-refractivity contribution in [1.82, 2.24) is 0 Å². The van der Waals surface area contributed by atoms with Crippen molar-refractivity contribution >= 4 is 24.6 Å². The van der Waals surface area contributed by atoms with Gasteiger partial charge in [-0.1, -0.05) is 73.9 Å². The van der Waals surface area contributed by atoms with Gasteiger partial charge < -0.3 is 9.47 Å². The molecule has 0 atom stereocenters. The molecule has 0 aromatic heterocycles. The molecule has 2 radical (unpaired) electrons. The first-order valence-electron chi connectivity index (χ1n) is 13.1. The molecule has 0 saturated carbocycles. The van der Waals surface area contributed by atoms with Gasteiger partial charge in [-0.25, -0.2) is 10.1 Å². The Balaban J connectivity index is 0.00000107. The van der Waals surface area contributed by atoms with Crippen LogP contribution < -0.4 is 9.47 Å². The first kappa shape index (κ1) is 27.0. The van der Waals surface area contributed by atoms with Crippen molar-refractivity contribution in [3.8, 4) is 28.6 Å². The van der Waals surface area contributed by atoms with Crippen molar-refractivity contribution in [1.29, 1.82) is 5.26 Å². The van der Waals surface area contributed by atoms with E-state index in [0.29, 0.717) is 11.3 Å². The van der Waals surface area contributed by atoms with Crippen LogP contribution in [0, 0.1) is 18.2 Å². The van der Waals surface area contributed by atoms with Crippen molar-refractivity contribution < 1.29 is 14.3 Å². The zero-order valence-corrected chi connectivity index (χ0v) is 22.5. The third kappa shape index (κ3) is 5.76. The highest BCUT2D eigenvalue weighted by Crippen LogP contribution is 2.50. The molecule has 4 nitrogen and oxygen atoms in total. The number of benzene rings is 4. The van der Waals surface area contributed by atoms with Gasteiger partial charge in [0.25, 0.3) is 0 Å². The topological polar surface area (TPSA) is 59.3 Å². The highest BCUT2D eigenvalue weighted by molar-refractivity contribution is 6.20. The summed E-state index contributed by atoms with van der Waals surface area (Å²) in [6.07, 6.45) is 4.33. The zero-order chi connectivity index (χ0) is 27.3. The molecule has 1 aliphatic rings. The Labute approximate surface area is 226 Å². The fourth-order valence-electron chi connectivity index (χ4n) is 4.99. The second-order valence-electron chi connectivity index (χ2n) is 10.2. The van der Waals surface area contributed by atoms with Gasteiger partial charge in [0.1, 0.15) is 17.1 Å². The fraction of sp³-hybridized carbons (Fsp3) is 0.273. The van der Waals surface area contributed by atoms with Crippen molar-refractivity contribution in [2.24, 2.45) is 0 Å². The summed E-state index contributed by atoms with van der Waals surface area (Å²) < 4.78 is 12.7. The van der Waals surface area contributed by atoms with E-state index in [2.05, 4.69) is 59.8 Å². The molecule has 0 unspecified atom stereocenters. The monoisotopic (exact) mass is 501 g/mol. The number of esters is 1. The van der Waals surface area contributed by atoms with Crippen LogP contribution in [0.15, 0.2) is 72.8 Å². The third-order valence-corrected chi connectivity index (χ3v) is 6.84. The first-order valence-corrected chi connectivity index (χ1v) is 13.1. The molecule has 4 aromatic carbocycles. The van der Waals surface area contributed by atoms with Crippen LogP contribution in [-0.4, -0.2) is 13.8 Å². The molecule has 0 amide bonds. The predicted octanol–water partition coefficient (Wildman–Crippen LogP) is 8.03. The number of hydrogen-bond donors (Lipinski definition) is 0. The van der Waals surface area contributed by atoms with Gasteiger partial charge in [0.15, 0.2) is 0 Å². The van der Waals surface area contributed by atoms with E-state index in [-0.39, 0.29) is 5.97 Å². The molecule has 0 fully saturated rings.